The average molecular weight is 335 g/mol. The highest BCUT2D eigenvalue weighted by molar-refractivity contribution is 6.02. The maximum Gasteiger partial charge on any atom is 0.248 e. The predicted octanol–water partition coefficient (Wildman–Crippen LogP) is 4.49. The van der Waals surface area contributed by atoms with E-state index in [1.807, 2.05) is 36.4 Å². The lowest BCUT2D eigenvalue weighted by molar-refractivity contribution is -0.586. The monoisotopic (exact) mass is 335 g/mol. The fraction of sp³-hybridized carbons (Fsp3) is 0.286. The molecule has 25 heavy (non-hydrogen) atoms. The van der Waals surface area contributed by atoms with Gasteiger partial charge < -0.3 is 5.21 Å². The van der Waals surface area contributed by atoms with Gasteiger partial charge in [-0.2, -0.15) is 4.74 Å². The van der Waals surface area contributed by atoms with Crippen molar-refractivity contribution in [1.29, 1.82) is 0 Å². The van der Waals surface area contributed by atoms with Crippen molar-refractivity contribution in [1.82, 2.24) is 5.06 Å². The maximum atomic E-state index is 12.5. The van der Waals surface area contributed by atoms with E-state index in [4.69, 9.17) is 0 Å². The molecule has 3 rings (SSSR count). The van der Waals surface area contributed by atoms with E-state index in [0.717, 1.165) is 20.9 Å². The Balaban J connectivity index is 1.86. The van der Waals surface area contributed by atoms with Crippen LogP contribution < -0.4 is 0 Å². The van der Waals surface area contributed by atoms with Crippen LogP contribution in [0.2, 0.25) is 0 Å². The lowest BCUT2D eigenvalue weighted by Gasteiger charge is -2.27. The van der Waals surface area contributed by atoms with Crippen molar-refractivity contribution < 1.29 is 9.95 Å². The molecule has 2 aromatic rings. The molecule has 0 N–H and O–H groups in total. The van der Waals surface area contributed by atoms with Gasteiger partial charge in [-0.3, -0.25) is 0 Å². The summed E-state index contributed by atoms with van der Waals surface area (Å²) >= 11 is 0. The van der Waals surface area contributed by atoms with Gasteiger partial charge in [0, 0.05) is 19.9 Å². The topological polar surface area (TPSA) is 49.2 Å². The summed E-state index contributed by atoms with van der Waals surface area (Å²) in [6, 6.07) is 18.3. The van der Waals surface area contributed by atoms with Crippen molar-refractivity contribution in [3.05, 3.63) is 71.4 Å². The molecule has 129 valence electrons. The third-order valence-electron chi connectivity index (χ3n) is 4.80. The summed E-state index contributed by atoms with van der Waals surface area (Å²) in [5.74, 6) is 0. The van der Waals surface area contributed by atoms with Gasteiger partial charge in [-0.1, -0.05) is 59.7 Å². The van der Waals surface area contributed by atoms with Crippen LogP contribution in [0.15, 0.2) is 60.7 Å². The number of rotatable bonds is 3. The summed E-state index contributed by atoms with van der Waals surface area (Å²) < 4.78 is 0.814. The second kappa shape index (κ2) is 6.14. The quantitative estimate of drug-likeness (QED) is 0.613. The zero-order chi connectivity index (χ0) is 18.2. The van der Waals surface area contributed by atoms with Gasteiger partial charge in [-0.25, -0.2) is 0 Å². The van der Waals surface area contributed by atoms with Gasteiger partial charge in [0.2, 0.25) is 11.4 Å². The fourth-order valence-corrected chi connectivity index (χ4v) is 3.28. The first-order valence-electron chi connectivity index (χ1n) is 8.40. The smallest absolute Gasteiger partial charge is 0.248 e. The van der Waals surface area contributed by atoms with Gasteiger partial charge >= 0.3 is 0 Å². The number of benzene rings is 2. The van der Waals surface area contributed by atoms with E-state index in [-0.39, 0.29) is 0 Å². The van der Waals surface area contributed by atoms with Crippen molar-refractivity contribution in [2.75, 3.05) is 0 Å². The van der Waals surface area contributed by atoms with Crippen molar-refractivity contribution in [2.45, 2.75) is 38.9 Å². The molecule has 0 saturated carbocycles. The fourth-order valence-electron chi connectivity index (χ4n) is 3.28. The minimum absolute atomic E-state index is 0.472. The molecule has 2 aromatic carbocycles. The summed E-state index contributed by atoms with van der Waals surface area (Å²) in [5, 5.41) is 25.8. The first-order chi connectivity index (χ1) is 11.7. The molecule has 0 spiro atoms. The van der Waals surface area contributed by atoms with Crippen LogP contribution in [-0.2, 0) is 5.21 Å². The van der Waals surface area contributed by atoms with Gasteiger partial charge in [0.05, 0.1) is 0 Å². The van der Waals surface area contributed by atoms with Crippen LogP contribution in [0.1, 0.15) is 33.3 Å². The minimum atomic E-state index is -1.10. The highest BCUT2D eigenvalue weighted by Gasteiger charge is 2.56. The molecule has 0 atom stereocenters. The molecule has 0 saturated heterocycles. The summed E-state index contributed by atoms with van der Waals surface area (Å²) in [4.78, 5) is 0. The molecular formula is C21H23N2O2. The van der Waals surface area contributed by atoms with E-state index >= 15 is 0 Å². The summed E-state index contributed by atoms with van der Waals surface area (Å²) in [7, 11) is 0. The third kappa shape index (κ3) is 2.99. The van der Waals surface area contributed by atoms with Crippen LogP contribution in [0.25, 0.3) is 17.2 Å². The Morgan fingerprint density at radius 2 is 1.44 bits per heavy atom. The van der Waals surface area contributed by atoms with E-state index < -0.39 is 11.2 Å². The first-order valence-corrected chi connectivity index (χ1v) is 8.40. The average Bonchev–Trinajstić information content (AvgIpc) is 2.72. The van der Waals surface area contributed by atoms with Crippen LogP contribution in [0.5, 0.6) is 0 Å². The maximum absolute atomic E-state index is 12.5. The molecule has 0 unspecified atom stereocenters. The Hall–Kier alpha value is -2.43. The van der Waals surface area contributed by atoms with E-state index in [1.165, 1.54) is 5.56 Å². The summed E-state index contributed by atoms with van der Waals surface area (Å²) in [6.45, 7) is 6.84. The Morgan fingerprint density at radius 3 is 1.96 bits per heavy atom. The number of nitrogens with zero attached hydrogens (tertiary/aromatic N) is 2. The Labute approximate surface area is 148 Å². The number of hydroxylamine groups is 3. The van der Waals surface area contributed by atoms with Crippen molar-refractivity contribution in [2.24, 2.45) is 0 Å². The van der Waals surface area contributed by atoms with Gasteiger partial charge in [0.1, 0.15) is 5.54 Å². The van der Waals surface area contributed by atoms with Gasteiger partial charge in [0.15, 0.2) is 0 Å². The molecule has 4 nitrogen and oxygen atoms in total. The van der Waals surface area contributed by atoms with Crippen LogP contribution in [-0.4, -0.2) is 26.7 Å². The van der Waals surface area contributed by atoms with Crippen LogP contribution in [0.3, 0.4) is 0 Å². The minimum Gasteiger partial charge on any atom is -0.622 e. The molecule has 1 heterocycles. The van der Waals surface area contributed by atoms with Gasteiger partial charge in [0.25, 0.3) is 0 Å². The van der Waals surface area contributed by atoms with Crippen LogP contribution in [0.4, 0.5) is 0 Å². The molecular weight excluding hydrogens is 312 g/mol. The molecule has 0 aliphatic carbocycles. The lowest BCUT2D eigenvalue weighted by Crippen LogP contribution is -2.50. The highest BCUT2D eigenvalue weighted by atomic mass is 16.6. The molecule has 1 aliphatic heterocycles. The van der Waals surface area contributed by atoms with E-state index in [1.54, 1.807) is 33.8 Å². The summed E-state index contributed by atoms with van der Waals surface area (Å²) in [5.41, 5.74) is 1.81. The second-order valence-electron chi connectivity index (χ2n) is 7.35. The number of hydrogen-bond acceptors (Lipinski definition) is 2. The largest absolute Gasteiger partial charge is 0.622 e. The predicted molar refractivity (Wildman–Crippen MR) is 100 cm³/mol. The molecule has 0 aromatic heterocycles. The molecule has 4 heteroatoms. The highest BCUT2D eigenvalue weighted by Crippen LogP contribution is 2.33. The normalized spacial score (nSPS) is 19.7. The zero-order valence-corrected chi connectivity index (χ0v) is 15.1. The van der Waals surface area contributed by atoms with E-state index in [2.05, 4.69) is 24.3 Å². The van der Waals surface area contributed by atoms with Gasteiger partial charge in [-0.05, 0) is 36.6 Å². The Bertz CT molecular complexity index is 819. The third-order valence-corrected chi connectivity index (χ3v) is 4.80. The molecule has 1 radical (unpaired) electrons. The standard InChI is InChI=1S/C21H23N2O2/c1-20(2)19(22(24)21(3,4)23(20)25)15-12-16-10-13-18(14-11-16)17-8-6-5-7-9-17/h5-15H,1-4H3/b15-12+. The Morgan fingerprint density at radius 1 is 0.880 bits per heavy atom. The van der Waals surface area contributed by atoms with Crippen LogP contribution in [0, 0.1) is 5.21 Å². The molecule has 0 bridgehead atoms. The van der Waals surface area contributed by atoms with Crippen molar-refractivity contribution in [3.8, 4) is 11.1 Å². The van der Waals surface area contributed by atoms with Gasteiger partial charge in [-0.15, -0.1) is 5.21 Å². The van der Waals surface area contributed by atoms with E-state index in [9.17, 15) is 10.4 Å². The van der Waals surface area contributed by atoms with Crippen molar-refractivity contribution >= 4 is 11.8 Å². The second-order valence-corrected chi connectivity index (χ2v) is 7.35. The summed E-state index contributed by atoms with van der Waals surface area (Å²) in [6.07, 6.45) is 3.64. The lowest BCUT2D eigenvalue weighted by atomic mass is 9.97. The first kappa shape index (κ1) is 17.4. The van der Waals surface area contributed by atoms with E-state index in [0.29, 0.717) is 5.71 Å². The SMILES string of the molecule is CC1(C)C(/C=C/c2ccc(-c3ccccc3)cc2)=[N+]([O-])C(C)(C)N1[O]. The zero-order valence-electron chi connectivity index (χ0n) is 15.1. The molecule has 0 fully saturated rings. The molecule has 0 amide bonds. The van der Waals surface area contributed by atoms with Crippen molar-refractivity contribution in [3.63, 3.8) is 0 Å². The molecule has 1 aliphatic rings. The van der Waals surface area contributed by atoms with Crippen LogP contribution >= 0.6 is 0 Å². The number of hydrogen-bond donors (Lipinski definition) is 0. The Kier molecular flexibility index (Phi) is 4.27.